The van der Waals surface area contributed by atoms with Gasteiger partial charge in [0, 0.05) is 11.2 Å². The van der Waals surface area contributed by atoms with Crippen LogP contribution in [0, 0.1) is 0 Å². The summed E-state index contributed by atoms with van der Waals surface area (Å²) in [5, 5.41) is 2.37. The van der Waals surface area contributed by atoms with E-state index in [0.717, 1.165) is 0 Å². The Hall–Kier alpha value is -2.59. The summed E-state index contributed by atoms with van der Waals surface area (Å²) in [6, 6.07) is 21.2. The average Bonchev–Trinajstić information content (AvgIpc) is 3.44. The molecule has 0 amide bonds. The molecule has 0 radical (unpaired) electrons. The maximum atomic E-state index is 12.1. The molecule has 1 saturated heterocycles. The molecule has 35 heavy (non-hydrogen) atoms. The SMILES string of the molecule is CC(C)(C)[Si](OC[C@H]1O[C@@H](n2cnc3c(=O)[nH]cnc32)C[C@@H]1Br)(c1ccccc1)c1ccccc1. The van der Waals surface area contributed by atoms with E-state index in [-0.39, 0.29) is 27.8 Å². The molecular formula is C26H29BrN4O3Si. The molecule has 3 atom stereocenters. The van der Waals surface area contributed by atoms with Gasteiger partial charge in [-0.2, -0.15) is 0 Å². The smallest absolute Gasteiger partial charge is 0.278 e. The number of H-pyrrole nitrogens is 1. The summed E-state index contributed by atoms with van der Waals surface area (Å²) >= 11 is 3.83. The van der Waals surface area contributed by atoms with Gasteiger partial charge >= 0.3 is 0 Å². The third-order valence-electron chi connectivity index (χ3n) is 6.72. The van der Waals surface area contributed by atoms with Crippen molar-refractivity contribution in [1.29, 1.82) is 0 Å². The lowest BCUT2D eigenvalue weighted by atomic mass is 10.2. The lowest BCUT2D eigenvalue weighted by Gasteiger charge is -2.43. The zero-order valence-corrected chi connectivity index (χ0v) is 22.6. The van der Waals surface area contributed by atoms with E-state index in [1.165, 1.54) is 16.7 Å². The van der Waals surface area contributed by atoms with Gasteiger partial charge in [0.25, 0.3) is 13.9 Å². The second-order valence-corrected chi connectivity index (χ2v) is 15.4. The molecule has 0 spiro atoms. The quantitative estimate of drug-likeness (QED) is 0.291. The number of halogens is 1. The molecular weight excluding hydrogens is 524 g/mol. The average molecular weight is 554 g/mol. The Morgan fingerprint density at radius 1 is 1.09 bits per heavy atom. The fourth-order valence-electron chi connectivity index (χ4n) is 5.05. The van der Waals surface area contributed by atoms with Crippen LogP contribution in [-0.4, -0.2) is 45.4 Å². The van der Waals surface area contributed by atoms with Gasteiger partial charge in [-0.15, -0.1) is 0 Å². The first kappa shape index (κ1) is 24.1. The van der Waals surface area contributed by atoms with Crippen LogP contribution in [0.4, 0.5) is 0 Å². The van der Waals surface area contributed by atoms with E-state index in [0.29, 0.717) is 24.2 Å². The van der Waals surface area contributed by atoms with Gasteiger partial charge in [0.2, 0.25) is 0 Å². The Bertz CT molecular complexity index is 1310. The second kappa shape index (κ2) is 9.46. The molecule has 2 aromatic heterocycles. The maximum Gasteiger partial charge on any atom is 0.278 e. The van der Waals surface area contributed by atoms with Crippen LogP contribution in [0.15, 0.2) is 78.1 Å². The number of fused-ring (bicyclic) bond motifs is 1. The number of nitrogens with zero attached hydrogens (tertiary/aromatic N) is 3. The molecule has 0 bridgehead atoms. The van der Waals surface area contributed by atoms with Gasteiger partial charge in [-0.05, 0) is 15.4 Å². The van der Waals surface area contributed by atoms with Crippen molar-refractivity contribution < 1.29 is 9.16 Å². The number of aromatic nitrogens is 4. The first-order chi connectivity index (χ1) is 16.8. The minimum absolute atomic E-state index is 0.0881. The van der Waals surface area contributed by atoms with Crippen molar-refractivity contribution in [3.05, 3.63) is 83.7 Å². The second-order valence-electron chi connectivity index (χ2n) is 9.91. The Morgan fingerprint density at radius 3 is 2.31 bits per heavy atom. The van der Waals surface area contributed by atoms with Crippen LogP contribution in [0.1, 0.15) is 33.4 Å². The molecule has 4 aromatic rings. The van der Waals surface area contributed by atoms with E-state index in [9.17, 15) is 4.79 Å². The van der Waals surface area contributed by atoms with Crippen molar-refractivity contribution in [2.75, 3.05) is 6.61 Å². The Kier molecular flexibility index (Phi) is 6.52. The van der Waals surface area contributed by atoms with Gasteiger partial charge in [0.1, 0.15) is 6.23 Å². The van der Waals surface area contributed by atoms with Crippen molar-refractivity contribution in [1.82, 2.24) is 19.5 Å². The largest absolute Gasteiger partial charge is 0.405 e. The Morgan fingerprint density at radius 2 is 1.71 bits per heavy atom. The lowest BCUT2D eigenvalue weighted by Crippen LogP contribution is -2.67. The monoisotopic (exact) mass is 552 g/mol. The molecule has 2 aromatic carbocycles. The predicted octanol–water partition coefficient (Wildman–Crippen LogP) is 3.75. The summed E-state index contributed by atoms with van der Waals surface area (Å²) in [6.07, 6.45) is 3.29. The minimum atomic E-state index is -2.66. The molecule has 1 N–H and O–H groups in total. The molecule has 3 heterocycles. The summed E-state index contributed by atoms with van der Waals surface area (Å²) in [7, 11) is -2.66. The van der Waals surface area contributed by atoms with Crippen molar-refractivity contribution in [3.8, 4) is 0 Å². The van der Waals surface area contributed by atoms with Crippen LogP contribution >= 0.6 is 15.9 Å². The number of ether oxygens (including phenoxy) is 1. The standard InChI is InChI=1S/C26H29BrN4O3Si/c1-26(2,3)35(18-10-6-4-7-11-18,19-12-8-5-9-13-19)33-15-21-20(27)14-22(34-21)31-17-30-23-24(31)28-16-29-25(23)32/h4-13,16-17,20-22H,14-15H2,1-3H3,(H,28,29,32)/t20-,21+,22+/m0/s1. The Labute approximate surface area is 213 Å². The molecule has 1 fully saturated rings. The van der Waals surface area contributed by atoms with E-state index in [1.807, 2.05) is 16.7 Å². The number of nitrogens with one attached hydrogen (secondary N) is 1. The molecule has 0 saturated carbocycles. The van der Waals surface area contributed by atoms with Gasteiger partial charge in [-0.25, -0.2) is 9.97 Å². The normalized spacial score (nSPS) is 21.0. The van der Waals surface area contributed by atoms with Crippen LogP contribution in [0.5, 0.6) is 0 Å². The highest BCUT2D eigenvalue weighted by Gasteiger charge is 2.51. The van der Waals surface area contributed by atoms with Gasteiger partial charge in [-0.1, -0.05) is 97.4 Å². The molecule has 1 aliphatic heterocycles. The number of imidazole rings is 1. The molecule has 1 aliphatic rings. The molecule has 0 aliphatic carbocycles. The van der Waals surface area contributed by atoms with Crippen LogP contribution in [0.2, 0.25) is 5.04 Å². The van der Waals surface area contributed by atoms with E-state index < -0.39 is 8.32 Å². The zero-order chi connectivity index (χ0) is 24.6. The molecule has 9 heteroatoms. The number of alkyl halides is 1. The van der Waals surface area contributed by atoms with Crippen molar-refractivity contribution in [2.24, 2.45) is 0 Å². The predicted molar refractivity (Wildman–Crippen MR) is 143 cm³/mol. The number of hydrogen-bond acceptors (Lipinski definition) is 5. The van der Waals surface area contributed by atoms with E-state index in [2.05, 4.69) is 100 Å². The number of aromatic amines is 1. The van der Waals surface area contributed by atoms with Crippen LogP contribution in [0.25, 0.3) is 11.2 Å². The third kappa shape index (κ3) is 4.31. The van der Waals surface area contributed by atoms with Crippen molar-refractivity contribution in [3.63, 3.8) is 0 Å². The Balaban J connectivity index is 1.45. The highest BCUT2D eigenvalue weighted by molar-refractivity contribution is 9.09. The van der Waals surface area contributed by atoms with Crippen LogP contribution in [0.3, 0.4) is 0 Å². The van der Waals surface area contributed by atoms with Gasteiger partial charge < -0.3 is 14.1 Å². The molecule has 0 unspecified atom stereocenters. The molecule has 182 valence electrons. The zero-order valence-electron chi connectivity index (χ0n) is 20.0. The van der Waals surface area contributed by atoms with Crippen LogP contribution in [-0.2, 0) is 9.16 Å². The van der Waals surface area contributed by atoms with Gasteiger partial charge in [0.15, 0.2) is 11.2 Å². The first-order valence-electron chi connectivity index (χ1n) is 11.8. The summed E-state index contributed by atoms with van der Waals surface area (Å²) in [5.74, 6) is 0. The van der Waals surface area contributed by atoms with Crippen LogP contribution < -0.4 is 15.9 Å². The lowest BCUT2D eigenvalue weighted by molar-refractivity contribution is -0.0164. The highest BCUT2D eigenvalue weighted by Crippen LogP contribution is 2.39. The van der Waals surface area contributed by atoms with Crippen molar-refractivity contribution >= 4 is 45.8 Å². The van der Waals surface area contributed by atoms with Gasteiger partial charge in [-0.3, -0.25) is 9.36 Å². The summed E-state index contributed by atoms with van der Waals surface area (Å²) in [6.45, 7) is 7.25. The summed E-state index contributed by atoms with van der Waals surface area (Å²) < 4.78 is 15.4. The summed E-state index contributed by atoms with van der Waals surface area (Å²) in [4.78, 5) is 23.3. The number of benzene rings is 2. The van der Waals surface area contributed by atoms with E-state index in [4.69, 9.17) is 9.16 Å². The first-order valence-corrected chi connectivity index (χ1v) is 14.6. The third-order valence-corrected chi connectivity index (χ3v) is 12.7. The topological polar surface area (TPSA) is 82.0 Å². The maximum absolute atomic E-state index is 12.1. The fourth-order valence-corrected chi connectivity index (χ4v) is 10.2. The van der Waals surface area contributed by atoms with Gasteiger partial charge in [0.05, 0.1) is 25.4 Å². The molecule has 5 rings (SSSR count). The van der Waals surface area contributed by atoms with E-state index >= 15 is 0 Å². The fraction of sp³-hybridized carbons (Fsp3) is 0.346. The van der Waals surface area contributed by atoms with E-state index in [1.54, 1.807) is 6.33 Å². The molecule has 7 nitrogen and oxygen atoms in total. The highest BCUT2D eigenvalue weighted by atomic mass is 79.9. The summed E-state index contributed by atoms with van der Waals surface area (Å²) in [5.41, 5.74) is 0.579. The van der Waals surface area contributed by atoms with Crippen molar-refractivity contribution in [2.45, 2.75) is 49.4 Å². The number of rotatable bonds is 6. The number of hydrogen-bond donors (Lipinski definition) is 1. The minimum Gasteiger partial charge on any atom is -0.405 e.